The van der Waals surface area contributed by atoms with Crippen molar-refractivity contribution in [3.8, 4) is 0 Å². The van der Waals surface area contributed by atoms with Crippen LogP contribution in [0.2, 0.25) is 0 Å². The molecule has 0 aromatic heterocycles. The van der Waals surface area contributed by atoms with E-state index in [1.54, 1.807) is 0 Å². The van der Waals surface area contributed by atoms with Crippen molar-refractivity contribution in [2.24, 2.45) is 23.5 Å². The van der Waals surface area contributed by atoms with E-state index in [4.69, 9.17) is 5.73 Å². The van der Waals surface area contributed by atoms with Crippen LogP contribution in [0.25, 0.3) is 21.5 Å². The van der Waals surface area contributed by atoms with Crippen molar-refractivity contribution in [2.45, 2.75) is 182 Å². The van der Waals surface area contributed by atoms with Crippen LogP contribution in [0.4, 0.5) is 0 Å². The molecule has 2 aliphatic carbocycles. The van der Waals surface area contributed by atoms with E-state index in [9.17, 15) is 5.11 Å². The number of hydrogen-bond donors (Lipinski definition) is 2. The van der Waals surface area contributed by atoms with Crippen LogP contribution in [0.3, 0.4) is 0 Å². The van der Waals surface area contributed by atoms with Crippen molar-refractivity contribution in [1.29, 1.82) is 0 Å². The van der Waals surface area contributed by atoms with Gasteiger partial charge in [-0.1, -0.05) is 239 Å². The molecule has 6 rings (SSSR count). The van der Waals surface area contributed by atoms with Crippen LogP contribution >= 0.6 is 0 Å². The predicted octanol–water partition coefficient (Wildman–Crippen LogP) is 18.6. The molecule has 2 aliphatic rings. The van der Waals surface area contributed by atoms with Gasteiger partial charge in [0.2, 0.25) is 0 Å². The molecule has 2 unspecified atom stereocenters. The van der Waals surface area contributed by atoms with Gasteiger partial charge in [0.25, 0.3) is 0 Å². The van der Waals surface area contributed by atoms with E-state index in [0.717, 1.165) is 55.2 Å². The molecule has 0 radical (unpaired) electrons. The summed E-state index contributed by atoms with van der Waals surface area (Å²) in [4.78, 5) is 0. The molecule has 2 heteroatoms. The van der Waals surface area contributed by atoms with Crippen molar-refractivity contribution in [3.05, 3.63) is 180 Å². The lowest BCUT2D eigenvalue weighted by Gasteiger charge is -2.40. The summed E-state index contributed by atoms with van der Waals surface area (Å²) in [5.74, 6) is 2.43. The van der Waals surface area contributed by atoms with Crippen molar-refractivity contribution in [3.63, 3.8) is 0 Å². The summed E-state index contributed by atoms with van der Waals surface area (Å²) in [5.41, 5.74) is 13.1. The van der Waals surface area contributed by atoms with Crippen LogP contribution in [0.15, 0.2) is 157 Å². The maximum Gasteiger partial charge on any atom is 0.0673 e. The summed E-state index contributed by atoms with van der Waals surface area (Å²) >= 11 is 0. The molecular formula is C65H91NO. The van der Waals surface area contributed by atoms with E-state index in [0.29, 0.717) is 5.92 Å². The van der Waals surface area contributed by atoms with Gasteiger partial charge in [-0.2, -0.15) is 0 Å². The predicted molar refractivity (Wildman–Crippen MR) is 298 cm³/mol. The molecule has 0 saturated heterocycles. The lowest BCUT2D eigenvalue weighted by molar-refractivity contribution is -0.0577. The number of fused-ring (bicyclic) bond motifs is 2. The monoisotopic (exact) mass is 902 g/mol. The first-order chi connectivity index (χ1) is 32.0. The number of allylic oxidation sites excluding steroid dienone is 12. The van der Waals surface area contributed by atoms with Crippen LogP contribution in [0.5, 0.6) is 0 Å². The number of unbranched alkanes of at least 4 members (excludes halogenated alkanes) is 2. The molecule has 2 saturated carbocycles. The topological polar surface area (TPSA) is 46.2 Å². The Morgan fingerprint density at radius 3 is 1.87 bits per heavy atom. The van der Waals surface area contributed by atoms with Gasteiger partial charge in [-0.3, -0.25) is 0 Å². The Morgan fingerprint density at radius 1 is 0.746 bits per heavy atom. The van der Waals surface area contributed by atoms with Gasteiger partial charge in [0.05, 0.1) is 5.60 Å². The first-order valence-electron chi connectivity index (χ1n) is 26.1. The van der Waals surface area contributed by atoms with Crippen molar-refractivity contribution >= 4 is 21.5 Å². The van der Waals surface area contributed by atoms with E-state index in [2.05, 4.69) is 197 Å². The van der Waals surface area contributed by atoms with Crippen LogP contribution in [-0.4, -0.2) is 10.7 Å². The Labute approximate surface area is 410 Å². The first-order valence-corrected chi connectivity index (χ1v) is 26.1. The molecular weight excluding hydrogens is 811 g/mol. The Bertz CT molecular complexity index is 2330. The SMILES string of the molecule is C=C(/C=C/C=C(/C)C(C)(C)c1c(C)ccc2ccccc12)C(C)(CC=C/C=C\C=C/C)c1c(C)ccc2ccccc12.C=C(N)CCC.CCCCCC1CCC(O)(C(C)CCC2CC2)CC1. The highest BCUT2D eigenvalue weighted by atomic mass is 16.3. The molecule has 0 bridgehead atoms. The zero-order valence-electron chi connectivity index (χ0n) is 43.9. The summed E-state index contributed by atoms with van der Waals surface area (Å²) in [6.07, 6.45) is 38.0. The van der Waals surface area contributed by atoms with Gasteiger partial charge in [-0.25, -0.2) is 0 Å². The van der Waals surface area contributed by atoms with E-state index in [1.807, 2.05) is 13.0 Å². The summed E-state index contributed by atoms with van der Waals surface area (Å²) in [6.45, 7) is 30.6. The zero-order valence-corrected chi connectivity index (χ0v) is 43.9. The fraction of sp³-hybridized carbons (Fsp3) is 0.477. The highest BCUT2D eigenvalue weighted by Gasteiger charge is 2.38. The van der Waals surface area contributed by atoms with E-state index < -0.39 is 0 Å². The summed E-state index contributed by atoms with van der Waals surface area (Å²) < 4.78 is 0. The van der Waals surface area contributed by atoms with Gasteiger partial charge in [0.1, 0.15) is 0 Å². The van der Waals surface area contributed by atoms with Gasteiger partial charge in [-0.15, -0.1) is 0 Å². The number of rotatable bonds is 20. The number of benzene rings is 4. The minimum absolute atomic E-state index is 0.117. The average Bonchev–Trinajstić information content (AvgIpc) is 4.15. The Hall–Kier alpha value is -4.66. The number of aryl methyl sites for hydroxylation is 2. The fourth-order valence-electron chi connectivity index (χ4n) is 10.4. The number of aliphatic hydroxyl groups is 1. The smallest absolute Gasteiger partial charge is 0.0673 e. The molecule has 0 spiro atoms. The normalized spacial score (nSPS) is 19.4. The number of nitrogens with two attached hydrogens (primary N) is 1. The number of hydrogen-bond acceptors (Lipinski definition) is 2. The maximum absolute atomic E-state index is 10.9. The molecule has 3 N–H and O–H groups in total. The summed E-state index contributed by atoms with van der Waals surface area (Å²) in [6, 6.07) is 26.4. The molecule has 2 nitrogen and oxygen atoms in total. The minimum atomic E-state index is -0.323. The summed E-state index contributed by atoms with van der Waals surface area (Å²) in [7, 11) is 0. The third kappa shape index (κ3) is 16.0. The second-order valence-corrected chi connectivity index (χ2v) is 21.1. The van der Waals surface area contributed by atoms with Crippen LogP contribution in [0.1, 0.15) is 174 Å². The molecule has 2 atom stereocenters. The second-order valence-electron chi connectivity index (χ2n) is 21.1. The Kier molecular flexibility index (Phi) is 22.0. The van der Waals surface area contributed by atoms with Gasteiger partial charge >= 0.3 is 0 Å². The Morgan fingerprint density at radius 2 is 1.31 bits per heavy atom. The van der Waals surface area contributed by atoms with Crippen LogP contribution in [-0.2, 0) is 10.8 Å². The van der Waals surface area contributed by atoms with Crippen molar-refractivity contribution in [1.82, 2.24) is 0 Å². The lowest BCUT2D eigenvalue weighted by atomic mass is 9.70. The maximum atomic E-state index is 10.9. The van der Waals surface area contributed by atoms with E-state index >= 15 is 0 Å². The molecule has 4 aromatic carbocycles. The van der Waals surface area contributed by atoms with Gasteiger partial charge < -0.3 is 10.8 Å². The Balaban J connectivity index is 0.000000322. The second kappa shape index (κ2) is 26.8. The molecule has 0 heterocycles. The van der Waals surface area contributed by atoms with E-state index in [-0.39, 0.29) is 16.4 Å². The molecule has 0 aliphatic heterocycles. The van der Waals surface area contributed by atoms with Gasteiger partial charge in [-0.05, 0) is 140 Å². The molecule has 4 aromatic rings. The molecule has 362 valence electrons. The molecule has 0 amide bonds. The van der Waals surface area contributed by atoms with Crippen molar-refractivity contribution in [2.75, 3.05) is 0 Å². The van der Waals surface area contributed by atoms with E-state index in [1.165, 1.54) is 114 Å². The molecule has 2 fully saturated rings. The molecule has 67 heavy (non-hydrogen) atoms. The van der Waals surface area contributed by atoms with Crippen molar-refractivity contribution < 1.29 is 5.11 Å². The first kappa shape index (κ1) is 54.9. The van der Waals surface area contributed by atoms with Crippen LogP contribution < -0.4 is 5.73 Å². The highest BCUT2D eigenvalue weighted by molar-refractivity contribution is 5.89. The van der Waals surface area contributed by atoms with Gasteiger partial charge in [0, 0.05) is 16.5 Å². The quantitative estimate of drug-likeness (QED) is 0.0686. The lowest BCUT2D eigenvalue weighted by Crippen LogP contribution is -2.40. The average molecular weight is 902 g/mol. The summed E-state index contributed by atoms with van der Waals surface area (Å²) in [5, 5.41) is 16.0. The minimum Gasteiger partial charge on any atom is -0.403 e. The zero-order chi connectivity index (χ0) is 49.0. The third-order valence-electron chi connectivity index (χ3n) is 15.4. The third-order valence-corrected chi connectivity index (χ3v) is 15.4. The highest BCUT2D eigenvalue weighted by Crippen LogP contribution is 2.44. The fourth-order valence-corrected chi connectivity index (χ4v) is 10.4. The standard InChI is InChI=1S/C42H46.C18H34O.C5H11N/c1-9-10-11-12-13-18-30-42(8,40-32(3)27-29-36-23-15-17-25-38(36)40)34(5)21-19-20-33(4)41(6,7)39-31(2)26-28-35-22-14-16-24-37(35)39;1-3-4-5-6-16-11-13-18(19,14-12-16)15(2)7-8-17-9-10-17;1-3-4-5(2)6/h9-29H,5,30H2,1-4,6-8H3;15-17,19H,3-14H2,1-2H3;2-4,6H2,1H3/b10-9-,12-11-,18-13?,21-19+,33-20-;;. The van der Waals surface area contributed by atoms with Crippen LogP contribution in [0, 0.1) is 31.6 Å². The van der Waals surface area contributed by atoms with Gasteiger partial charge in [0.15, 0.2) is 0 Å². The largest absolute Gasteiger partial charge is 0.403 e.